The first-order chi connectivity index (χ1) is 17.4. The Labute approximate surface area is 210 Å². The fourth-order valence-electron chi connectivity index (χ4n) is 4.36. The number of benzene rings is 3. The highest BCUT2D eigenvalue weighted by molar-refractivity contribution is 6.04. The van der Waals surface area contributed by atoms with Crippen LogP contribution in [0.3, 0.4) is 0 Å². The summed E-state index contributed by atoms with van der Waals surface area (Å²) in [6, 6.07) is 21.7. The average Bonchev–Trinajstić information content (AvgIpc) is 3.62. The second kappa shape index (κ2) is 9.85. The Morgan fingerprint density at radius 3 is 2.33 bits per heavy atom. The molecular weight excluding hydrogens is 454 g/mol. The highest BCUT2D eigenvalue weighted by Gasteiger charge is 2.47. The minimum Gasteiger partial charge on any atom is -0.438 e. The first kappa shape index (κ1) is 23.6. The number of nitrogens with one attached hydrogen (secondary N) is 2. The van der Waals surface area contributed by atoms with E-state index in [4.69, 9.17) is 4.74 Å². The lowest BCUT2D eigenvalue weighted by Gasteiger charge is -2.24. The van der Waals surface area contributed by atoms with Crippen molar-refractivity contribution in [3.63, 3.8) is 0 Å². The number of anilines is 1. The predicted molar refractivity (Wildman–Crippen MR) is 136 cm³/mol. The Balaban J connectivity index is 1.35. The van der Waals surface area contributed by atoms with E-state index in [2.05, 4.69) is 10.6 Å². The molecular formula is C29H29N3O4. The van der Waals surface area contributed by atoms with Crippen molar-refractivity contribution in [2.24, 2.45) is 0 Å². The molecule has 1 heterocycles. The number of ether oxygens (including phenoxy) is 1. The second-order valence-electron chi connectivity index (χ2n) is 9.59. The fraction of sp³-hybridized carbons (Fsp3) is 0.276. The Bertz CT molecular complexity index is 1280. The molecule has 0 radical (unpaired) electrons. The third kappa shape index (κ3) is 5.25. The number of rotatable bonds is 7. The Kier molecular flexibility index (Phi) is 6.46. The lowest BCUT2D eigenvalue weighted by Crippen LogP contribution is -2.46. The minimum atomic E-state index is -0.785. The fourth-order valence-corrected chi connectivity index (χ4v) is 4.36. The molecule has 5 rings (SSSR count). The van der Waals surface area contributed by atoms with E-state index in [1.54, 1.807) is 30.3 Å². The van der Waals surface area contributed by atoms with Gasteiger partial charge in [0, 0.05) is 17.3 Å². The molecule has 1 aliphatic carbocycles. The zero-order chi connectivity index (χ0) is 25.2. The lowest BCUT2D eigenvalue weighted by molar-refractivity contribution is -0.126. The van der Waals surface area contributed by atoms with E-state index in [9.17, 15) is 14.4 Å². The van der Waals surface area contributed by atoms with Gasteiger partial charge in [0.2, 0.25) is 5.91 Å². The third-order valence-corrected chi connectivity index (χ3v) is 6.53. The first-order valence-corrected chi connectivity index (χ1v) is 12.2. The topological polar surface area (TPSA) is 87.7 Å². The summed E-state index contributed by atoms with van der Waals surface area (Å²) in [6.45, 7) is 4.22. The normalized spacial score (nSPS) is 19.1. The quantitative estimate of drug-likeness (QED) is 0.501. The van der Waals surface area contributed by atoms with Crippen LogP contribution in [0.25, 0.3) is 0 Å². The standard InChI is InChI=1S/C29H29N3O4/c1-18-6-8-20(9-7-18)17-32-25(28(34)31-24-14-15-24)26(36-29(32)35)21-10-12-23(13-11-21)30-27(33)22-5-3-4-19(2)16-22/h3-13,16,24-26H,14-15,17H2,1-2H3,(H,30,33)(H,31,34)/t25-,26+/m1/s1. The van der Waals surface area contributed by atoms with Crippen LogP contribution in [0.5, 0.6) is 0 Å². The molecule has 2 atom stereocenters. The molecule has 2 N–H and O–H groups in total. The van der Waals surface area contributed by atoms with E-state index >= 15 is 0 Å². The third-order valence-electron chi connectivity index (χ3n) is 6.53. The van der Waals surface area contributed by atoms with E-state index in [1.807, 2.05) is 56.3 Å². The number of carbonyl (C=O) groups is 3. The largest absolute Gasteiger partial charge is 0.438 e. The van der Waals surface area contributed by atoms with Crippen LogP contribution < -0.4 is 10.6 Å². The Morgan fingerprint density at radius 2 is 1.67 bits per heavy atom. The summed E-state index contributed by atoms with van der Waals surface area (Å²) in [5.41, 5.74) is 4.94. The molecule has 3 amide bonds. The average molecular weight is 484 g/mol. The van der Waals surface area contributed by atoms with Crippen LogP contribution in [-0.4, -0.2) is 34.9 Å². The lowest BCUT2D eigenvalue weighted by atomic mass is 10.00. The molecule has 0 unspecified atom stereocenters. The smallest absolute Gasteiger partial charge is 0.411 e. The van der Waals surface area contributed by atoms with Gasteiger partial charge in [-0.25, -0.2) is 4.79 Å². The number of aryl methyl sites for hydroxylation is 2. The van der Waals surface area contributed by atoms with Gasteiger partial charge in [-0.15, -0.1) is 0 Å². The van der Waals surface area contributed by atoms with Crippen molar-refractivity contribution >= 4 is 23.6 Å². The number of hydrogen-bond acceptors (Lipinski definition) is 4. The van der Waals surface area contributed by atoms with E-state index in [0.29, 0.717) is 16.8 Å². The monoisotopic (exact) mass is 483 g/mol. The van der Waals surface area contributed by atoms with Crippen molar-refractivity contribution in [3.05, 3.63) is 101 Å². The van der Waals surface area contributed by atoms with Gasteiger partial charge < -0.3 is 15.4 Å². The van der Waals surface area contributed by atoms with Crippen molar-refractivity contribution in [1.82, 2.24) is 10.2 Å². The first-order valence-electron chi connectivity index (χ1n) is 12.2. The Morgan fingerprint density at radius 1 is 0.944 bits per heavy atom. The van der Waals surface area contributed by atoms with Gasteiger partial charge in [0.25, 0.3) is 5.91 Å². The summed E-state index contributed by atoms with van der Waals surface area (Å²) in [4.78, 5) is 40.2. The molecule has 7 nitrogen and oxygen atoms in total. The molecule has 0 aromatic heterocycles. The number of nitrogens with zero attached hydrogens (tertiary/aromatic N) is 1. The second-order valence-corrected chi connectivity index (χ2v) is 9.59. The molecule has 3 aromatic carbocycles. The van der Waals surface area contributed by atoms with Gasteiger partial charge in [-0.05, 0) is 62.1 Å². The maximum absolute atomic E-state index is 13.2. The summed E-state index contributed by atoms with van der Waals surface area (Å²) in [5.74, 6) is -0.415. The maximum atomic E-state index is 13.2. The summed E-state index contributed by atoms with van der Waals surface area (Å²) >= 11 is 0. The molecule has 2 aliphatic rings. The minimum absolute atomic E-state index is 0.161. The summed E-state index contributed by atoms with van der Waals surface area (Å²) < 4.78 is 5.73. The molecule has 2 fully saturated rings. The van der Waals surface area contributed by atoms with Crippen LogP contribution in [0.4, 0.5) is 10.5 Å². The van der Waals surface area contributed by atoms with Crippen LogP contribution in [0.1, 0.15) is 51.6 Å². The molecule has 3 aromatic rings. The van der Waals surface area contributed by atoms with Gasteiger partial charge in [-0.1, -0.05) is 59.7 Å². The molecule has 36 heavy (non-hydrogen) atoms. The zero-order valence-electron chi connectivity index (χ0n) is 20.4. The van der Waals surface area contributed by atoms with Crippen molar-refractivity contribution in [2.75, 3.05) is 5.32 Å². The van der Waals surface area contributed by atoms with Crippen molar-refractivity contribution in [1.29, 1.82) is 0 Å². The molecule has 0 bridgehead atoms. The number of carbonyl (C=O) groups excluding carboxylic acids is 3. The van der Waals surface area contributed by atoms with Crippen LogP contribution in [0.2, 0.25) is 0 Å². The van der Waals surface area contributed by atoms with Gasteiger partial charge in [0.15, 0.2) is 12.1 Å². The summed E-state index contributed by atoms with van der Waals surface area (Å²) in [5, 5.41) is 5.92. The molecule has 7 heteroatoms. The zero-order valence-corrected chi connectivity index (χ0v) is 20.4. The molecule has 1 aliphatic heterocycles. The number of amides is 3. The number of hydrogen-bond donors (Lipinski definition) is 2. The van der Waals surface area contributed by atoms with Gasteiger partial charge in [0.1, 0.15) is 0 Å². The Hall–Kier alpha value is -4.13. The van der Waals surface area contributed by atoms with Crippen molar-refractivity contribution in [2.45, 2.75) is 51.4 Å². The highest BCUT2D eigenvalue weighted by atomic mass is 16.6. The number of cyclic esters (lactones) is 1. The van der Waals surface area contributed by atoms with Gasteiger partial charge in [0.05, 0.1) is 6.54 Å². The van der Waals surface area contributed by atoms with Crippen molar-refractivity contribution < 1.29 is 19.1 Å². The van der Waals surface area contributed by atoms with Crippen LogP contribution in [0.15, 0.2) is 72.8 Å². The van der Waals surface area contributed by atoms with Gasteiger partial charge in [-0.3, -0.25) is 14.5 Å². The SMILES string of the molecule is Cc1ccc(CN2C(=O)O[C@@H](c3ccc(NC(=O)c4cccc(C)c4)cc3)[C@@H]2C(=O)NC2CC2)cc1. The predicted octanol–water partition coefficient (Wildman–Crippen LogP) is 4.90. The van der Waals surface area contributed by atoms with E-state index in [1.165, 1.54) is 4.90 Å². The van der Waals surface area contributed by atoms with Gasteiger partial charge >= 0.3 is 6.09 Å². The molecule has 1 saturated heterocycles. The van der Waals surface area contributed by atoms with Crippen LogP contribution >= 0.6 is 0 Å². The van der Waals surface area contributed by atoms with Crippen LogP contribution in [-0.2, 0) is 16.1 Å². The molecule has 0 spiro atoms. The van der Waals surface area contributed by atoms with Crippen molar-refractivity contribution in [3.8, 4) is 0 Å². The molecule has 184 valence electrons. The van der Waals surface area contributed by atoms with Crippen LogP contribution in [0, 0.1) is 13.8 Å². The summed E-state index contributed by atoms with van der Waals surface area (Å²) in [7, 11) is 0. The summed E-state index contributed by atoms with van der Waals surface area (Å²) in [6.07, 6.45) is 0.632. The molecule has 1 saturated carbocycles. The highest BCUT2D eigenvalue weighted by Crippen LogP contribution is 2.35. The van der Waals surface area contributed by atoms with E-state index in [0.717, 1.165) is 29.5 Å². The van der Waals surface area contributed by atoms with E-state index in [-0.39, 0.29) is 24.4 Å². The van der Waals surface area contributed by atoms with E-state index < -0.39 is 18.2 Å². The van der Waals surface area contributed by atoms with Gasteiger partial charge in [-0.2, -0.15) is 0 Å². The maximum Gasteiger partial charge on any atom is 0.411 e.